The number of carbonyl (C=O) groups is 2. The molecule has 0 unspecified atom stereocenters. The number of aromatic nitrogens is 1. The lowest BCUT2D eigenvalue weighted by atomic mass is 10.1. The average Bonchev–Trinajstić information content (AvgIpc) is 2.99. The summed E-state index contributed by atoms with van der Waals surface area (Å²) in [5, 5.41) is 33.0. The van der Waals surface area contributed by atoms with Gasteiger partial charge in [-0.3, -0.25) is 4.99 Å². The van der Waals surface area contributed by atoms with Crippen molar-refractivity contribution in [3.05, 3.63) is 84.1 Å². The maximum Gasteiger partial charge on any atom is 0.325 e. The van der Waals surface area contributed by atoms with Crippen LogP contribution in [-0.2, 0) is 13.0 Å². The minimum absolute atomic E-state index is 0.201. The molecule has 0 spiro atoms. The summed E-state index contributed by atoms with van der Waals surface area (Å²) in [5.74, 6) is 1.32. The first-order valence-electron chi connectivity index (χ1n) is 12.2. The molecule has 0 fully saturated rings. The second-order valence-electron chi connectivity index (χ2n) is 8.43. The van der Waals surface area contributed by atoms with Crippen molar-refractivity contribution in [3.63, 3.8) is 0 Å². The van der Waals surface area contributed by atoms with Crippen LogP contribution in [0.2, 0.25) is 0 Å². The molecule has 1 aromatic heterocycles. The van der Waals surface area contributed by atoms with E-state index in [9.17, 15) is 14.7 Å². The number of amides is 4. The van der Waals surface area contributed by atoms with Gasteiger partial charge in [0.1, 0.15) is 11.4 Å². The monoisotopic (exact) mass is 537 g/mol. The van der Waals surface area contributed by atoms with E-state index in [2.05, 4.69) is 27.3 Å². The molecule has 11 heteroatoms. The third-order valence-electron chi connectivity index (χ3n) is 5.50. The molecule has 5 N–H and O–H groups in total. The number of hydrogen-bond acceptors (Lipinski definition) is 8. The van der Waals surface area contributed by atoms with E-state index in [4.69, 9.17) is 14.9 Å². The van der Waals surface area contributed by atoms with Crippen LogP contribution in [0.5, 0.6) is 11.6 Å². The van der Waals surface area contributed by atoms with Gasteiger partial charge in [0.15, 0.2) is 0 Å². The van der Waals surface area contributed by atoms with E-state index in [1.807, 2.05) is 67.6 Å². The molecule has 3 aromatic rings. The number of hydrogen-bond donors (Lipinski definition) is 5. The van der Waals surface area contributed by atoms with Crippen LogP contribution in [0.1, 0.15) is 18.1 Å². The fourth-order valence-electron chi connectivity index (χ4n) is 3.13. The number of aliphatic hydroxyl groups is 3. The fourth-order valence-corrected chi connectivity index (χ4v) is 3.13. The smallest absolute Gasteiger partial charge is 0.325 e. The largest absolute Gasteiger partial charge is 0.439 e. The maximum atomic E-state index is 12.2. The predicted molar refractivity (Wildman–Crippen MR) is 148 cm³/mol. The van der Waals surface area contributed by atoms with Crippen molar-refractivity contribution in [1.29, 1.82) is 0 Å². The molecular weight excluding hydrogens is 502 g/mol. The van der Waals surface area contributed by atoms with Crippen molar-refractivity contribution in [1.82, 2.24) is 20.5 Å². The second kappa shape index (κ2) is 15.8. The van der Waals surface area contributed by atoms with Gasteiger partial charge in [0.25, 0.3) is 0 Å². The predicted octanol–water partition coefficient (Wildman–Crippen LogP) is 3.02. The first-order chi connectivity index (χ1) is 18.8. The summed E-state index contributed by atoms with van der Waals surface area (Å²) in [7, 11) is 1.34. The zero-order valence-electron chi connectivity index (χ0n) is 22.1. The topological polar surface area (TPSA) is 157 Å². The molecule has 0 atom stereocenters. The third kappa shape index (κ3) is 10.2. The van der Waals surface area contributed by atoms with Gasteiger partial charge in [-0.1, -0.05) is 37.3 Å². The Bertz CT molecular complexity index is 1170. The van der Waals surface area contributed by atoms with Crippen molar-refractivity contribution in [2.45, 2.75) is 25.5 Å². The van der Waals surface area contributed by atoms with Crippen molar-refractivity contribution < 1.29 is 29.6 Å². The van der Waals surface area contributed by atoms with Gasteiger partial charge in [-0.2, -0.15) is 0 Å². The first-order valence-corrected chi connectivity index (χ1v) is 12.2. The molecule has 1 heterocycles. The van der Waals surface area contributed by atoms with Crippen LogP contribution in [0.4, 0.5) is 15.3 Å². The molecule has 208 valence electrons. The van der Waals surface area contributed by atoms with Gasteiger partial charge in [-0.15, -0.1) is 0 Å². The lowest BCUT2D eigenvalue weighted by molar-refractivity contribution is -0.0632. The minimum atomic E-state index is -1.97. The molecule has 0 radical (unpaired) electrons. The molecule has 11 nitrogen and oxygen atoms in total. The zero-order valence-corrected chi connectivity index (χ0v) is 22.1. The maximum absolute atomic E-state index is 12.2. The summed E-state index contributed by atoms with van der Waals surface area (Å²) >= 11 is 0. The molecule has 3 rings (SSSR count). The van der Waals surface area contributed by atoms with Gasteiger partial charge >= 0.3 is 12.1 Å². The van der Waals surface area contributed by atoms with E-state index in [1.54, 1.807) is 12.3 Å². The Morgan fingerprint density at radius 3 is 2.15 bits per heavy atom. The molecule has 2 aromatic carbocycles. The molecular formula is C28H35N5O6. The molecule has 4 amide bonds. The van der Waals surface area contributed by atoms with E-state index < -0.39 is 37.4 Å². The van der Waals surface area contributed by atoms with E-state index in [0.717, 1.165) is 23.4 Å². The van der Waals surface area contributed by atoms with Crippen LogP contribution < -0.4 is 15.4 Å². The lowest BCUT2D eigenvalue weighted by Crippen LogP contribution is -2.56. The third-order valence-corrected chi connectivity index (χ3v) is 5.50. The van der Waals surface area contributed by atoms with Gasteiger partial charge < -0.3 is 30.7 Å². The molecule has 0 aliphatic carbocycles. The summed E-state index contributed by atoms with van der Waals surface area (Å²) in [6, 6.07) is 19.0. The van der Waals surface area contributed by atoms with E-state index in [0.29, 0.717) is 10.8 Å². The number of aryl methyl sites for hydroxylation is 1. The number of nitrogens with one attached hydrogen (secondary N) is 2. The summed E-state index contributed by atoms with van der Waals surface area (Å²) < 4.78 is 5.50. The van der Waals surface area contributed by atoms with Crippen molar-refractivity contribution in [3.8, 4) is 11.6 Å². The minimum Gasteiger partial charge on any atom is -0.439 e. The number of urea groups is 2. The van der Waals surface area contributed by atoms with E-state index in [1.165, 1.54) is 12.6 Å². The van der Waals surface area contributed by atoms with Crippen LogP contribution in [0.25, 0.3) is 0 Å². The normalized spacial score (nSPS) is 10.5. The highest BCUT2D eigenvalue weighted by molar-refractivity contribution is 5.93. The highest BCUT2D eigenvalue weighted by Crippen LogP contribution is 2.21. The Morgan fingerprint density at radius 2 is 1.64 bits per heavy atom. The quantitative estimate of drug-likeness (QED) is 0.249. The van der Waals surface area contributed by atoms with Gasteiger partial charge in [-0.05, 0) is 54.6 Å². The number of benzene rings is 2. The molecule has 0 saturated heterocycles. The summed E-state index contributed by atoms with van der Waals surface area (Å²) in [5.41, 5.74) is 0.889. The second-order valence-corrected chi connectivity index (χ2v) is 8.43. The van der Waals surface area contributed by atoms with Gasteiger partial charge in [0.2, 0.25) is 5.88 Å². The number of imide groups is 1. The molecule has 0 bridgehead atoms. The van der Waals surface area contributed by atoms with Crippen molar-refractivity contribution in [2.24, 2.45) is 4.99 Å². The van der Waals surface area contributed by atoms with Crippen LogP contribution in [0.3, 0.4) is 0 Å². The van der Waals surface area contributed by atoms with Crippen LogP contribution in [0.15, 0.2) is 77.9 Å². The highest BCUT2D eigenvalue weighted by atomic mass is 16.5. The summed E-state index contributed by atoms with van der Waals surface area (Å²) in [6.07, 6.45) is 2.60. The number of rotatable bonds is 10. The Kier molecular flexibility index (Phi) is 12.5. The Balaban J connectivity index is 0.000000302. The van der Waals surface area contributed by atoms with Crippen LogP contribution in [-0.4, -0.2) is 76.4 Å². The van der Waals surface area contributed by atoms with Crippen molar-refractivity contribution >= 4 is 24.5 Å². The number of pyridine rings is 1. The van der Waals surface area contributed by atoms with Gasteiger partial charge in [0.05, 0.1) is 25.4 Å². The fraction of sp³-hybridized carbons (Fsp3) is 0.286. The SMILES string of the molecule is C=Nc1ccc(Oc2ccccn2)cc1.CCc1ccc(CNC(=O)N(CC(O)(CO)CO)C(=O)NC)cc1. The molecule has 0 aliphatic heterocycles. The Morgan fingerprint density at radius 1 is 1.00 bits per heavy atom. The number of nitrogens with zero attached hydrogens (tertiary/aromatic N) is 3. The zero-order chi connectivity index (χ0) is 28.7. The molecule has 0 aliphatic rings. The van der Waals surface area contributed by atoms with E-state index in [-0.39, 0.29) is 6.54 Å². The standard InChI is InChI=1S/C16H25N3O5.C12H10N2O/c1-3-12-4-6-13(7-5-12)8-18-15(23)19(14(22)17-2)9-16(24,10-20)11-21;1-13-10-5-7-11(8-6-10)15-12-4-2-3-9-14-12/h4-7,20-21,24H,3,8-11H2,1-2H3,(H,17,22)(H,18,23);2-9H,1H2. The highest BCUT2D eigenvalue weighted by Gasteiger charge is 2.33. The Hall–Kier alpha value is -4.32. The number of ether oxygens (including phenoxy) is 1. The summed E-state index contributed by atoms with van der Waals surface area (Å²) in [4.78, 5) is 32.6. The average molecular weight is 538 g/mol. The molecule has 0 saturated carbocycles. The van der Waals surface area contributed by atoms with Gasteiger partial charge in [0, 0.05) is 25.9 Å². The van der Waals surface area contributed by atoms with E-state index >= 15 is 0 Å². The molecule has 39 heavy (non-hydrogen) atoms. The van der Waals surface area contributed by atoms with Crippen LogP contribution in [0, 0.1) is 0 Å². The number of carbonyl (C=O) groups excluding carboxylic acids is 2. The number of aliphatic imine (C=N–C) groups is 1. The lowest BCUT2D eigenvalue weighted by Gasteiger charge is -2.30. The first kappa shape index (κ1) is 30.9. The summed E-state index contributed by atoms with van der Waals surface area (Å²) in [6.45, 7) is 3.57. The van der Waals surface area contributed by atoms with Gasteiger partial charge in [-0.25, -0.2) is 19.5 Å². The number of aliphatic hydroxyl groups excluding tert-OH is 2. The van der Waals surface area contributed by atoms with Crippen molar-refractivity contribution in [2.75, 3.05) is 26.8 Å². The van der Waals surface area contributed by atoms with Crippen LogP contribution >= 0.6 is 0 Å². The Labute approximate surface area is 227 Å².